The minimum absolute atomic E-state index is 0. The largest absolute Gasteiger partial charge is 0.374 e. The van der Waals surface area contributed by atoms with Gasteiger partial charge in [-0.3, -0.25) is 14.4 Å². The summed E-state index contributed by atoms with van der Waals surface area (Å²) < 4.78 is 7.43. The second kappa shape index (κ2) is 15.6. The van der Waals surface area contributed by atoms with Gasteiger partial charge in [-0.15, -0.1) is 0 Å². The third-order valence-corrected chi connectivity index (χ3v) is 6.74. The molecule has 10 nitrogen and oxygen atoms in total. The minimum atomic E-state index is -1.20. The fourth-order valence-electron chi connectivity index (χ4n) is 4.37. The number of hydrogen-bond donors (Lipinski definition) is 3. The van der Waals surface area contributed by atoms with Gasteiger partial charge in [-0.1, -0.05) is 98.4 Å². The number of nitrogens with two attached hydrogens (primary N) is 1. The number of nitrogens with zero attached hydrogens (tertiary/aromatic N) is 3. The van der Waals surface area contributed by atoms with E-state index in [2.05, 4.69) is 15.6 Å². The van der Waals surface area contributed by atoms with Gasteiger partial charge in [0, 0.05) is 19.8 Å². The minimum Gasteiger partial charge on any atom is -0.374 e. The number of benzene rings is 3. The molecule has 0 saturated carbocycles. The molecule has 0 fully saturated rings. The topological polar surface area (TPSA) is 132 Å². The van der Waals surface area contributed by atoms with E-state index < -0.39 is 29.4 Å². The molecular formula is C34H42N6O4. The van der Waals surface area contributed by atoms with E-state index >= 15 is 0 Å². The SMILES string of the molecule is C.CN(Cc1ccccc1)C(=O)C(c1ccccc1)n1cnc(NC(=O)[C@@H](COCc2ccccc2)NC(=O)C(C)(C)N)c1. The number of likely N-dealkylation sites (N-methyl/N-ethyl adjacent to an activating group) is 1. The summed E-state index contributed by atoms with van der Waals surface area (Å²) in [5.74, 6) is -0.953. The molecule has 0 bridgehead atoms. The lowest BCUT2D eigenvalue weighted by Gasteiger charge is -2.25. The van der Waals surface area contributed by atoms with Crippen LogP contribution < -0.4 is 16.4 Å². The molecule has 4 rings (SSSR count). The molecule has 232 valence electrons. The van der Waals surface area contributed by atoms with E-state index in [4.69, 9.17) is 10.5 Å². The van der Waals surface area contributed by atoms with Crippen LogP contribution in [-0.4, -0.2) is 57.4 Å². The molecule has 1 unspecified atom stereocenters. The summed E-state index contributed by atoms with van der Waals surface area (Å²) in [6.07, 6.45) is 3.10. The fraction of sp³-hybridized carbons (Fsp3) is 0.294. The third kappa shape index (κ3) is 9.35. The summed E-state index contributed by atoms with van der Waals surface area (Å²) in [6.45, 7) is 3.72. The molecule has 2 atom stereocenters. The normalized spacial score (nSPS) is 12.4. The molecule has 10 heteroatoms. The van der Waals surface area contributed by atoms with Gasteiger partial charge in [-0.25, -0.2) is 4.98 Å². The summed E-state index contributed by atoms with van der Waals surface area (Å²) in [5, 5.41) is 5.43. The second-order valence-electron chi connectivity index (χ2n) is 10.9. The second-order valence-corrected chi connectivity index (χ2v) is 10.9. The Kier molecular flexibility index (Phi) is 12.0. The standard InChI is InChI=1S/C33H38N6O4.CH4/c1-33(2,34)32(42)36-27(22-43-21-25-15-9-5-10-16-25)30(40)37-28-20-39(23-35-28)29(26-17-11-6-12-18-26)31(41)38(3)19-24-13-7-4-8-14-24;/h4-18,20,23,27,29H,19,21-22,34H2,1-3H3,(H,36,42)(H,37,40);1H4/t27-,29?;/m1./s1. The first-order valence-electron chi connectivity index (χ1n) is 14.0. The van der Waals surface area contributed by atoms with Crippen molar-refractivity contribution in [2.24, 2.45) is 5.73 Å². The summed E-state index contributed by atoms with van der Waals surface area (Å²) in [7, 11) is 1.76. The molecule has 1 heterocycles. The molecule has 0 aliphatic rings. The molecule has 1 aromatic heterocycles. The number of carbonyl (C=O) groups excluding carboxylic acids is 3. The molecule has 0 aliphatic carbocycles. The molecule has 0 radical (unpaired) electrons. The smallest absolute Gasteiger partial charge is 0.250 e. The van der Waals surface area contributed by atoms with Crippen LogP contribution in [0.15, 0.2) is 104 Å². The van der Waals surface area contributed by atoms with Gasteiger partial charge in [-0.05, 0) is 30.5 Å². The van der Waals surface area contributed by atoms with E-state index in [-0.39, 0.29) is 32.4 Å². The highest BCUT2D eigenvalue weighted by Crippen LogP contribution is 2.23. The van der Waals surface area contributed by atoms with Crippen molar-refractivity contribution in [1.82, 2.24) is 19.8 Å². The molecule has 44 heavy (non-hydrogen) atoms. The maximum Gasteiger partial charge on any atom is 0.250 e. The zero-order valence-corrected chi connectivity index (χ0v) is 24.6. The van der Waals surface area contributed by atoms with Gasteiger partial charge in [0.2, 0.25) is 11.8 Å². The number of anilines is 1. The van der Waals surface area contributed by atoms with Crippen molar-refractivity contribution in [2.75, 3.05) is 19.0 Å². The Morgan fingerprint density at radius 1 is 0.932 bits per heavy atom. The molecule has 3 amide bonds. The lowest BCUT2D eigenvalue weighted by molar-refractivity contribution is -0.132. The molecule has 4 aromatic rings. The third-order valence-electron chi connectivity index (χ3n) is 6.74. The molecule has 0 aliphatic heterocycles. The first kappa shape index (κ1) is 33.7. The van der Waals surface area contributed by atoms with Crippen molar-refractivity contribution >= 4 is 23.5 Å². The highest BCUT2D eigenvalue weighted by atomic mass is 16.5. The number of carbonyl (C=O) groups is 3. The van der Waals surface area contributed by atoms with Gasteiger partial charge in [0.1, 0.15) is 12.1 Å². The average molecular weight is 599 g/mol. The van der Waals surface area contributed by atoms with E-state index in [0.717, 1.165) is 16.7 Å². The Hall–Kier alpha value is -4.80. The van der Waals surface area contributed by atoms with Gasteiger partial charge in [0.05, 0.1) is 25.1 Å². The summed E-state index contributed by atoms with van der Waals surface area (Å²) >= 11 is 0. The first-order chi connectivity index (χ1) is 20.6. The highest BCUT2D eigenvalue weighted by molar-refractivity contribution is 5.98. The number of amides is 3. The van der Waals surface area contributed by atoms with Crippen LogP contribution in [0.1, 0.15) is 44.0 Å². The van der Waals surface area contributed by atoms with Crippen molar-refractivity contribution in [2.45, 2.75) is 52.0 Å². The van der Waals surface area contributed by atoms with Gasteiger partial charge in [0.15, 0.2) is 5.82 Å². The fourth-order valence-corrected chi connectivity index (χ4v) is 4.37. The predicted octanol–water partition coefficient (Wildman–Crippen LogP) is 4.14. The van der Waals surface area contributed by atoms with Gasteiger partial charge in [-0.2, -0.15) is 0 Å². The lowest BCUT2D eigenvalue weighted by atomic mass is 10.1. The van der Waals surface area contributed by atoms with Gasteiger partial charge in [0.25, 0.3) is 5.91 Å². The molecule has 4 N–H and O–H groups in total. The number of imidazole rings is 1. The van der Waals surface area contributed by atoms with Crippen molar-refractivity contribution in [1.29, 1.82) is 0 Å². The van der Waals surface area contributed by atoms with Crippen molar-refractivity contribution in [3.8, 4) is 0 Å². The first-order valence-corrected chi connectivity index (χ1v) is 14.0. The molecule has 0 saturated heterocycles. The van der Waals surface area contributed by atoms with Crippen LogP contribution in [0.25, 0.3) is 0 Å². The van der Waals surface area contributed by atoms with Crippen LogP contribution >= 0.6 is 0 Å². The van der Waals surface area contributed by atoms with Crippen LogP contribution in [0.4, 0.5) is 5.82 Å². The summed E-state index contributed by atoms with van der Waals surface area (Å²) in [4.78, 5) is 45.8. The molecule has 3 aromatic carbocycles. The highest BCUT2D eigenvalue weighted by Gasteiger charge is 2.30. The monoisotopic (exact) mass is 598 g/mol. The number of rotatable bonds is 13. The van der Waals surface area contributed by atoms with Crippen molar-refractivity contribution in [3.63, 3.8) is 0 Å². The van der Waals surface area contributed by atoms with Crippen LogP contribution in [-0.2, 0) is 32.3 Å². The zero-order chi connectivity index (χ0) is 30.8. The van der Waals surface area contributed by atoms with Gasteiger partial charge < -0.3 is 30.6 Å². The van der Waals surface area contributed by atoms with E-state index in [1.165, 1.54) is 6.33 Å². The molecular weight excluding hydrogens is 556 g/mol. The maximum atomic E-state index is 13.8. The van der Waals surface area contributed by atoms with Crippen molar-refractivity contribution in [3.05, 3.63) is 120 Å². The number of hydrogen-bond acceptors (Lipinski definition) is 6. The van der Waals surface area contributed by atoms with Crippen LogP contribution in [0.2, 0.25) is 0 Å². The Balaban J connectivity index is 0.00000529. The number of aromatic nitrogens is 2. The summed E-state index contributed by atoms with van der Waals surface area (Å²) in [6, 6.07) is 26.9. The van der Waals surface area contributed by atoms with E-state index in [0.29, 0.717) is 6.54 Å². The van der Waals surface area contributed by atoms with Crippen LogP contribution in [0.5, 0.6) is 0 Å². The average Bonchev–Trinajstić information content (AvgIpc) is 3.45. The quantitative estimate of drug-likeness (QED) is 0.212. The molecule has 0 spiro atoms. The Labute approximate surface area is 259 Å². The predicted molar refractivity (Wildman–Crippen MR) is 171 cm³/mol. The Morgan fingerprint density at radius 3 is 2.09 bits per heavy atom. The Bertz CT molecular complexity index is 1490. The van der Waals surface area contributed by atoms with Crippen molar-refractivity contribution < 1.29 is 19.1 Å². The van der Waals surface area contributed by atoms with E-state index in [1.807, 2.05) is 91.0 Å². The van der Waals surface area contributed by atoms with Gasteiger partial charge >= 0.3 is 0 Å². The number of nitrogens with one attached hydrogen (secondary N) is 2. The maximum absolute atomic E-state index is 13.8. The van der Waals surface area contributed by atoms with E-state index in [1.54, 1.807) is 36.6 Å². The van der Waals surface area contributed by atoms with Crippen LogP contribution in [0.3, 0.4) is 0 Å². The zero-order valence-electron chi connectivity index (χ0n) is 24.6. The summed E-state index contributed by atoms with van der Waals surface area (Å²) in [5.41, 5.74) is 7.46. The van der Waals surface area contributed by atoms with E-state index in [9.17, 15) is 14.4 Å². The number of ether oxygens (including phenoxy) is 1. The Morgan fingerprint density at radius 2 is 1.50 bits per heavy atom. The lowest BCUT2D eigenvalue weighted by Crippen LogP contribution is -2.56. The van der Waals surface area contributed by atoms with Crippen LogP contribution in [0, 0.1) is 0 Å².